The van der Waals surface area contributed by atoms with Gasteiger partial charge in [0.05, 0.1) is 0 Å². The number of hydrogen-bond acceptors (Lipinski definition) is 2. The Morgan fingerprint density at radius 3 is 2.71 bits per heavy atom. The molecule has 0 aromatic carbocycles. The second-order valence-electron chi connectivity index (χ2n) is 5.38. The van der Waals surface area contributed by atoms with Crippen LogP contribution in [-0.2, 0) is 4.79 Å². The first kappa shape index (κ1) is 14.5. The lowest BCUT2D eigenvalue weighted by molar-refractivity contribution is -0.135. The van der Waals surface area contributed by atoms with Crippen molar-refractivity contribution in [2.24, 2.45) is 11.7 Å². The normalized spacial score (nSPS) is 25.0. The zero-order chi connectivity index (χ0) is 12.7. The van der Waals surface area contributed by atoms with Crippen LogP contribution >= 0.6 is 0 Å². The summed E-state index contributed by atoms with van der Waals surface area (Å²) in [6.45, 7) is 5.95. The lowest BCUT2D eigenvalue weighted by Crippen LogP contribution is -2.47. The monoisotopic (exact) mass is 240 g/mol. The molecular formula is C14H28N2O. The molecule has 3 nitrogen and oxygen atoms in total. The maximum Gasteiger partial charge on any atom is 0.222 e. The third kappa shape index (κ3) is 4.66. The molecule has 0 bridgehead atoms. The van der Waals surface area contributed by atoms with E-state index in [-0.39, 0.29) is 0 Å². The lowest BCUT2D eigenvalue weighted by Gasteiger charge is -2.37. The highest BCUT2D eigenvalue weighted by atomic mass is 16.2. The first-order valence-corrected chi connectivity index (χ1v) is 7.18. The van der Waals surface area contributed by atoms with Gasteiger partial charge in [-0.2, -0.15) is 0 Å². The van der Waals surface area contributed by atoms with Crippen molar-refractivity contribution in [3.8, 4) is 0 Å². The molecule has 1 rings (SSSR count). The zero-order valence-corrected chi connectivity index (χ0v) is 11.5. The molecule has 100 valence electrons. The highest BCUT2D eigenvalue weighted by Crippen LogP contribution is 2.22. The molecule has 0 aliphatic carbocycles. The van der Waals surface area contributed by atoms with Crippen molar-refractivity contribution < 1.29 is 4.79 Å². The molecule has 1 amide bonds. The van der Waals surface area contributed by atoms with Crippen LogP contribution in [0, 0.1) is 5.92 Å². The molecular weight excluding hydrogens is 212 g/mol. The zero-order valence-electron chi connectivity index (χ0n) is 11.5. The van der Waals surface area contributed by atoms with Gasteiger partial charge in [0.1, 0.15) is 0 Å². The first-order valence-electron chi connectivity index (χ1n) is 7.18. The predicted octanol–water partition coefficient (Wildman–Crippen LogP) is 2.54. The van der Waals surface area contributed by atoms with E-state index >= 15 is 0 Å². The number of carbonyl (C=O) groups is 1. The quantitative estimate of drug-likeness (QED) is 0.725. The van der Waals surface area contributed by atoms with Crippen molar-refractivity contribution in [2.75, 3.05) is 13.1 Å². The van der Waals surface area contributed by atoms with Gasteiger partial charge in [0.15, 0.2) is 0 Å². The van der Waals surface area contributed by atoms with E-state index in [0.29, 0.717) is 24.4 Å². The molecule has 0 spiro atoms. The van der Waals surface area contributed by atoms with Gasteiger partial charge in [-0.05, 0) is 38.6 Å². The third-order valence-electron chi connectivity index (χ3n) is 3.88. The highest BCUT2D eigenvalue weighted by molar-refractivity contribution is 5.76. The summed E-state index contributed by atoms with van der Waals surface area (Å²) < 4.78 is 0. The van der Waals surface area contributed by atoms with E-state index in [1.54, 1.807) is 0 Å². The van der Waals surface area contributed by atoms with Gasteiger partial charge in [-0.15, -0.1) is 0 Å². The minimum absolute atomic E-state index is 0.340. The van der Waals surface area contributed by atoms with Crippen LogP contribution in [-0.4, -0.2) is 29.9 Å². The maximum absolute atomic E-state index is 12.1. The summed E-state index contributed by atoms with van der Waals surface area (Å²) in [4.78, 5) is 14.2. The van der Waals surface area contributed by atoms with Crippen LogP contribution in [0.3, 0.4) is 0 Å². The third-order valence-corrected chi connectivity index (χ3v) is 3.88. The standard InChI is InChI=1S/C14H28N2O/c1-3-4-5-6-7-14(17)16-11-13(10-15)9-8-12(16)2/h12-13H,3-11,15H2,1-2H3. The molecule has 2 unspecified atom stereocenters. The van der Waals surface area contributed by atoms with E-state index in [9.17, 15) is 4.79 Å². The molecule has 2 N–H and O–H groups in total. The van der Waals surface area contributed by atoms with Crippen LogP contribution in [0.4, 0.5) is 0 Å². The minimum atomic E-state index is 0.340. The first-order chi connectivity index (χ1) is 8.19. The van der Waals surface area contributed by atoms with E-state index in [2.05, 4.69) is 18.7 Å². The van der Waals surface area contributed by atoms with Crippen LogP contribution in [0.25, 0.3) is 0 Å². The number of likely N-dealkylation sites (tertiary alicyclic amines) is 1. The van der Waals surface area contributed by atoms with E-state index in [0.717, 1.165) is 25.8 Å². The summed E-state index contributed by atoms with van der Waals surface area (Å²) in [6.07, 6.45) is 7.72. The fraction of sp³-hybridized carbons (Fsp3) is 0.929. The molecule has 1 aliphatic heterocycles. The fourth-order valence-electron chi connectivity index (χ4n) is 2.57. The van der Waals surface area contributed by atoms with Gasteiger partial charge in [0.25, 0.3) is 0 Å². The van der Waals surface area contributed by atoms with Gasteiger partial charge >= 0.3 is 0 Å². The van der Waals surface area contributed by atoms with E-state index in [4.69, 9.17) is 5.73 Å². The second kappa shape index (κ2) is 7.70. The Morgan fingerprint density at radius 1 is 1.29 bits per heavy atom. The minimum Gasteiger partial charge on any atom is -0.340 e. The number of hydrogen-bond donors (Lipinski definition) is 1. The Balaban J connectivity index is 2.32. The molecule has 1 fully saturated rings. The number of amides is 1. The van der Waals surface area contributed by atoms with Crippen molar-refractivity contribution in [1.29, 1.82) is 0 Å². The maximum atomic E-state index is 12.1. The average molecular weight is 240 g/mol. The van der Waals surface area contributed by atoms with Crippen LogP contribution in [0.15, 0.2) is 0 Å². The molecule has 0 aromatic rings. The van der Waals surface area contributed by atoms with E-state index in [1.165, 1.54) is 25.7 Å². The van der Waals surface area contributed by atoms with E-state index in [1.807, 2.05) is 0 Å². The van der Waals surface area contributed by atoms with Crippen LogP contribution in [0.5, 0.6) is 0 Å². The Hall–Kier alpha value is -0.570. The number of unbranched alkanes of at least 4 members (excludes halogenated alkanes) is 3. The smallest absolute Gasteiger partial charge is 0.222 e. The number of rotatable bonds is 6. The summed E-state index contributed by atoms with van der Waals surface area (Å²) >= 11 is 0. The second-order valence-corrected chi connectivity index (χ2v) is 5.38. The summed E-state index contributed by atoms with van der Waals surface area (Å²) in [7, 11) is 0. The summed E-state index contributed by atoms with van der Waals surface area (Å²) in [5.41, 5.74) is 5.71. The molecule has 1 aliphatic rings. The van der Waals surface area contributed by atoms with Crippen molar-refractivity contribution in [3.63, 3.8) is 0 Å². The number of piperidine rings is 1. The Kier molecular flexibility index (Phi) is 6.56. The van der Waals surface area contributed by atoms with Crippen molar-refractivity contribution in [1.82, 2.24) is 4.90 Å². The summed E-state index contributed by atoms with van der Waals surface area (Å²) in [5.74, 6) is 0.859. The van der Waals surface area contributed by atoms with Crippen molar-refractivity contribution in [2.45, 2.75) is 64.8 Å². The topological polar surface area (TPSA) is 46.3 Å². The fourth-order valence-corrected chi connectivity index (χ4v) is 2.57. The van der Waals surface area contributed by atoms with Crippen molar-refractivity contribution >= 4 is 5.91 Å². The summed E-state index contributed by atoms with van der Waals surface area (Å²) in [5, 5.41) is 0. The van der Waals surface area contributed by atoms with Gasteiger partial charge in [-0.3, -0.25) is 4.79 Å². The molecule has 3 heteroatoms. The SMILES string of the molecule is CCCCCCC(=O)N1CC(CN)CCC1C. The van der Waals surface area contributed by atoms with Gasteiger partial charge in [0.2, 0.25) is 5.91 Å². The molecule has 0 aromatic heterocycles. The number of carbonyl (C=O) groups excluding carboxylic acids is 1. The molecule has 17 heavy (non-hydrogen) atoms. The lowest BCUT2D eigenvalue weighted by atomic mass is 9.93. The largest absolute Gasteiger partial charge is 0.340 e. The Morgan fingerprint density at radius 2 is 2.06 bits per heavy atom. The highest BCUT2D eigenvalue weighted by Gasteiger charge is 2.27. The van der Waals surface area contributed by atoms with Gasteiger partial charge in [0, 0.05) is 19.0 Å². The predicted molar refractivity (Wildman–Crippen MR) is 71.7 cm³/mol. The van der Waals surface area contributed by atoms with Gasteiger partial charge in [-0.25, -0.2) is 0 Å². The molecule has 1 heterocycles. The van der Waals surface area contributed by atoms with Crippen LogP contribution in [0.1, 0.15) is 58.8 Å². The van der Waals surface area contributed by atoms with Crippen molar-refractivity contribution in [3.05, 3.63) is 0 Å². The molecule has 0 radical (unpaired) electrons. The molecule has 0 saturated carbocycles. The Bertz CT molecular complexity index is 230. The molecule has 1 saturated heterocycles. The van der Waals surface area contributed by atoms with Gasteiger partial charge < -0.3 is 10.6 Å². The van der Waals surface area contributed by atoms with Crippen LogP contribution in [0.2, 0.25) is 0 Å². The Labute approximate surface area is 106 Å². The molecule has 2 atom stereocenters. The van der Waals surface area contributed by atoms with Crippen LogP contribution < -0.4 is 5.73 Å². The van der Waals surface area contributed by atoms with Gasteiger partial charge in [-0.1, -0.05) is 26.2 Å². The number of nitrogens with two attached hydrogens (primary N) is 1. The van der Waals surface area contributed by atoms with E-state index < -0.39 is 0 Å². The summed E-state index contributed by atoms with van der Waals surface area (Å²) in [6, 6.07) is 0.413. The average Bonchev–Trinajstić information content (AvgIpc) is 2.35. The number of nitrogens with zero attached hydrogens (tertiary/aromatic N) is 1.